The van der Waals surface area contributed by atoms with Gasteiger partial charge in [0.25, 0.3) is 5.56 Å². The fourth-order valence-electron chi connectivity index (χ4n) is 3.71. The van der Waals surface area contributed by atoms with E-state index < -0.39 is 27.5 Å². The molecule has 0 N–H and O–H groups in total. The Balaban J connectivity index is 1.37. The second kappa shape index (κ2) is 8.79. The number of aromatic nitrogens is 3. The van der Waals surface area contributed by atoms with E-state index in [1.165, 1.54) is 4.31 Å². The molecule has 4 rings (SSSR count). The van der Waals surface area contributed by atoms with Crippen molar-refractivity contribution in [2.75, 3.05) is 13.1 Å². The summed E-state index contributed by atoms with van der Waals surface area (Å²) in [6.07, 6.45) is 0.697. The van der Waals surface area contributed by atoms with E-state index in [4.69, 9.17) is 4.74 Å². The van der Waals surface area contributed by atoms with Gasteiger partial charge in [0.15, 0.2) is 6.73 Å². The van der Waals surface area contributed by atoms with E-state index in [2.05, 4.69) is 10.3 Å². The summed E-state index contributed by atoms with van der Waals surface area (Å²) in [7, 11) is -3.61. The molecule has 0 spiro atoms. The predicted octanol–water partition coefficient (Wildman–Crippen LogP) is 2.01. The molecule has 0 bridgehead atoms. The molecule has 2 aromatic carbocycles. The van der Waals surface area contributed by atoms with Crippen molar-refractivity contribution in [1.29, 1.82) is 0 Å². The minimum Gasteiger partial charge on any atom is -0.442 e. The first-order valence-electron chi connectivity index (χ1n) is 10.3. The van der Waals surface area contributed by atoms with Crippen molar-refractivity contribution in [2.24, 2.45) is 5.92 Å². The smallest absolute Gasteiger partial charge is 0.310 e. The molecule has 0 aliphatic carbocycles. The lowest BCUT2D eigenvalue weighted by Crippen LogP contribution is -2.41. The monoisotopic (exact) mass is 456 g/mol. The predicted molar refractivity (Wildman–Crippen MR) is 117 cm³/mol. The molecular weight excluding hydrogens is 432 g/mol. The van der Waals surface area contributed by atoms with Gasteiger partial charge in [-0.15, -0.1) is 5.10 Å². The highest BCUT2D eigenvalue weighted by molar-refractivity contribution is 7.89. The van der Waals surface area contributed by atoms with Gasteiger partial charge in [-0.3, -0.25) is 9.59 Å². The maximum absolute atomic E-state index is 12.9. The third kappa shape index (κ3) is 4.28. The Hall–Kier alpha value is -3.11. The second-order valence-corrected chi connectivity index (χ2v) is 9.87. The minimum absolute atomic E-state index is 0.227. The lowest BCUT2D eigenvalue weighted by Gasteiger charge is -2.30. The van der Waals surface area contributed by atoms with Crippen molar-refractivity contribution in [3.05, 3.63) is 63.9 Å². The second-order valence-electron chi connectivity index (χ2n) is 7.93. The quantitative estimate of drug-likeness (QED) is 0.540. The zero-order valence-electron chi connectivity index (χ0n) is 17.9. The number of piperidine rings is 1. The molecular formula is C22H24N4O5S. The standard InChI is InChI=1S/C22H24N4O5S/c1-15-7-8-18(13-16(15)2)32(29,30)25-11-9-17(10-12-25)22(28)31-14-26-21(27)19-5-3-4-6-20(19)23-24-26/h3-8,13,17H,9-12,14H2,1-2H3. The first kappa shape index (κ1) is 22.1. The first-order chi connectivity index (χ1) is 15.3. The number of nitrogens with zero attached hydrogens (tertiary/aromatic N) is 4. The summed E-state index contributed by atoms with van der Waals surface area (Å²) in [5.41, 5.74) is 2.02. The van der Waals surface area contributed by atoms with Crippen LogP contribution in [0.15, 0.2) is 52.2 Å². The Labute approximate surface area is 185 Å². The van der Waals surface area contributed by atoms with E-state index in [1.807, 2.05) is 13.8 Å². The van der Waals surface area contributed by atoms with Crippen LogP contribution < -0.4 is 5.56 Å². The summed E-state index contributed by atoms with van der Waals surface area (Å²) in [5, 5.41) is 8.15. The molecule has 32 heavy (non-hydrogen) atoms. The molecule has 1 aliphatic rings. The van der Waals surface area contributed by atoms with Crippen molar-refractivity contribution in [3.8, 4) is 0 Å². The maximum atomic E-state index is 12.9. The molecule has 0 saturated carbocycles. The van der Waals surface area contributed by atoms with Crippen LogP contribution in [-0.2, 0) is 26.3 Å². The van der Waals surface area contributed by atoms with Crippen molar-refractivity contribution in [1.82, 2.24) is 19.3 Å². The molecule has 1 fully saturated rings. The number of hydrogen-bond donors (Lipinski definition) is 0. The molecule has 10 heteroatoms. The average molecular weight is 457 g/mol. The number of carbonyl (C=O) groups is 1. The van der Waals surface area contributed by atoms with Crippen molar-refractivity contribution < 1.29 is 17.9 Å². The summed E-state index contributed by atoms with van der Waals surface area (Å²) in [5.74, 6) is -0.916. The summed E-state index contributed by atoms with van der Waals surface area (Å²) in [6, 6.07) is 11.9. The number of fused-ring (bicyclic) bond motifs is 1. The van der Waals surface area contributed by atoms with E-state index >= 15 is 0 Å². The highest BCUT2D eigenvalue weighted by atomic mass is 32.2. The highest BCUT2D eigenvalue weighted by Gasteiger charge is 2.33. The van der Waals surface area contributed by atoms with Crippen molar-refractivity contribution >= 4 is 26.9 Å². The van der Waals surface area contributed by atoms with Gasteiger partial charge < -0.3 is 4.74 Å². The number of benzene rings is 2. The van der Waals surface area contributed by atoms with Gasteiger partial charge in [-0.2, -0.15) is 8.99 Å². The topological polar surface area (TPSA) is 111 Å². The zero-order valence-corrected chi connectivity index (χ0v) is 18.7. The summed E-state index contributed by atoms with van der Waals surface area (Å²) in [6.45, 7) is 3.93. The van der Waals surface area contributed by atoms with Crippen molar-refractivity contribution in [2.45, 2.75) is 38.3 Å². The van der Waals surface area contributed by atoms with Gasteiger partial charge in [-0.25, -0.2) is 8.42 Å². The van der Waals surface area contributed by atoms with E-state index in [1.54, 1.807) is 42.5 Å². The Kier molecular flexibility index (Phi) is 6.07. The molecule has 0 atom stereocenters. The number of ether oxygens (including phenoxy) is 1. The molecule has 2 heterocycles. The van der Waals surface area contributed by atoms with Crippen LogP contribution in [-0.4, -0.2) is 46.8 Å². The molecule has 9 nitrogen and oxygen atoms in total. The normalized spacial score (nSPS) is 15.7. The van der Waals surface area contributed by atoms with Gasteiger partial charge in [-0.05, 0) is 62.1 Å². The van der Waals surface area contributed by atoms with Crippen LogP contribution in [0.4, 0.5) is 0 Å². The number of hydrogen-bond acceptors (Lipinski definition) is 7. The fraction of sp³-hybridized carbons (Fsp3) is 0.364. The van der Waals surface area contributed by atoms with E-state index in [0.717, 1.165) is 15.8 Å². The Bertz CT molecular complexity index is 1330. The van der Waals surface area contributed by atoms with Crippen molar-refractivity contribution in [3.63, 3.8) is 0 Å². The molecule has 1 saturated heterocycles. The third-order valence-corrected chi connectivity index (χ3v) is 7.76. The average Bonchev–Trinajstić information content (AvgIpc) is 2.80. The van der Waals surface area contributed by atoms with Crippen LogP contribution in [0.3, 0.4) is 0 Å². The number of aryl methyl sites for hydroxylation is 2. The van der Waals surface area contributed by atoms with Crippen LogP contribution in [0.1, 0.15) is 24.0 Å². The number of rotatable bonds is 5. The SMILES string of the molecule is Cc1ccc(S(=O)(=O)N2CCC(C(=O)OCn3nnc4ccccc4c3=O)CC2)cc1C. The van der Waals surface area contributed by atoms with Gasteiger partial charge in [-0.1, -0.05) is 23.4 Å². The van der Waals surface area contributed by atoms with Crippen LogP contribution in [0.5, 0.6) is 0 Å². The molecule has 1 aromatic heterocycles. The van der Waals surface area contributed by atoms with Gasteiger partial charge in [0, 0.05) is 13.1 Å². The third-order valence-electron chi connectivity index (χ3n) is 5.86. The lowest BCUT2D eigenvalue weighted by atomic mass is 9.99. The Morgan fingerprint density at radius 2 is 1.81 bits per heavy atom. The molecule has 3 aromatic rings. The van der Waals surface area contributed by atoms with E-state index in [9.17, 15) is 18.0 Å². The van der Waals surface area contributed by atoms with Crippen LogP contribution in [0, 0.1) is 19.8 Å². The van der Waals surface area contributed by atoms with Gasteiger partial charge in [0.2, 0.25) is 10.0 Å². The van der Waals surface area contributed by atoms with Gasteiger partial charge >= 0.3 is 5.97 Å². The molecule has 0 radical (unpaired) electrons. The van der Waals surface area contributed by atoms with E-state index in [0.29, 0.717) is 23.7 Å². The Morgan fingerprint density at radius 3 is 2.53 bits per heavy atom. The molecule has 0 unspecified atom stereocenters. The minimum atomic E-state index is -3.61. The number of esters is 1. The maximum Gasteiger partial charge on any atom is 0.310 e. The molecule has 1 aliphatic heterocycles. The zero-order chi connectivity index (χ0) is 22.9. The summed E-state index contributed by atoms with van der Waals surface area (Å²) in [4.78, 5) is 25.2. The molecule has 168 valence electrons. The number of carbonyl (C=O) groups excluding carboxylic acids is 1. The van der Waals surface area contributed by atoms with E-state index in [-0.39, 0.29) is 24.7 Å². The van der Waals surface area contributed by atoms with Crippen LogP contribution in [0.2, 0.25) is 0 Å². The summed E-state index contributed by atoms with van der Waals surface area (Å²) < 4.78 is 33.6. The van der Waals surface area contributed by atoms with Gasteiger partial charge in [0.1, 0.15) is 5.52 Å². The highest BCUT2D eigenvalue weighted by Crippen LogP contribution is 2.25. The van der Waals surface area contributed by atoms with Crippen LogP contribution >= 0.6 is 0 Å². The first-order valence-corrected chi connectivity index (χ1v) is 11.8. The largest absolute Gasteiger partial charge is 0.442 e. The fourth-order valence-corrected chi connectivity index (χ4v) is 5.26. The Morgan fingerprint density at radius 1 is 1.09 bits per heavy atom. The lowest BCUT2D eigenvalue weighted by molar-refractivity contribution is -0.154. The van der Waals surface area contributed by atoms with Gasteiger partial charge in [0.05, 0.1) is 16.2 Å². The van der Waals surface area contributed by atoms with Crippen LogP contribution in [0.25, 0.3) is 10.9 Å². The molecule has 0 amide bonds. The number of sulfonamides is 1. The summed E-state index contributed by atoms with van der Waals surface area (Å²) >= 11 is 0.